The third kappa shape index (κ3) is 30.8. The summed E-state index contributed by atoms with van der Waals surface area (Å²) in [5, 5.41) is 49.7. The molecular formula is C48H77O13P. The fraction of sp³-hybridized carbons (Fsp3) is 0.625. The monoisotopic (exact) mass is 893 g/mol. The number of phosphoric acid groups is 1. The second kappa shape index (κ2) is 37.2. The van der Waals surface area contributed by atoms with Crippen molar-refractivity contribution in [3.8, 4) is 0 Å². The van der Waals surface area contributed by atoms with E-state index in [1.807, 2.05) is 36.5 Å². The number of hydrogen-bond acceptors (Lipinski definition) is 12. The molecule has 1 aliphatic rings. The Labute approximate surface area is 370 Å². The smallest absolute Gasteiger partial charge is 0.462 e. The first-order valence-electron chi connectivity index (χ1n) is 22.5. The van der Waals surface area contributed by atoms with Gasteiger partial charge in [-0.2, -0.15) is 0 Å². The molecule has 0 amide bonds. The molecule has 1 fully saturated rings. The van der Waals surface area contributed by atoms with Gasteiger partial charge in [0.1, 0.15) is 12.7 Å². The van der Waals surface area contributed by atoms with Crippen LogP contribution in [0.2, 0.25) is 0 Å². The summed E-state index contributed by atoms with van der Waals surface area (Å²) in [4.78, 5) is 35.2. The first-order valence-corrected chi connectivity index (χ1v) is 23.9. The van der Waals surface area contributed by atoms with Crippen LogP contribution in [0.5, 0.6) is 0 Å². The summed E-state index contributed by atoms with van der Waals surface area (Å²) in [5.74, 6) is -1.68. The number of carbonyl (C=O) groups is 2. The molecule has 0 heterocycles. The van der Waals surface area contributed by atoms with Crippen LogP contribution in [0.1, 0.15) is 123 Å². The van der Waals surface area contributed by atoms with E-state index in [0.717, 1.165) is 51.4 Å². The first kappa shape index (κ1) is 56.8. The standard InChI is InChI=1S/C48H77O13P/c1-3-5-7-8-9-10-11-12-13-14-15-16-17-18-19-20-21-22-28-32-48(55)61-42(39-60-62(56,57)59-37-41(51)36-49)38-58-47(54)31-27-24-23-26-30-43-44(46(53)35-45(43)52)34-33-40(50)29-25-6-4-2/h5,7,9-10,12-13,15-16,18-19,21-23,26,33-34,40-46,49-53H,3-4,6,8,11,14,17,20,24-25,27-32,35-39H2,1-2H3,(H,56,57)/b7-5-,10-9-,13-12-,16-15-,19-18-,22-21-,26-23+,34-33+/t40-,41-,42+,43+,44+,45-,46+/m0/s1. The molecule has 0 bridgehead atoms. The number of unbranched alkanes of at least 4 members (excludes halogenated alkanes) is 3. The van der Waals surface area contributed by atoms with Crippen molar-refractivity contribution in [1.29, 1.82) is 0 Å². The molecule has 0 aromatic heterocycles. The molecule has 6 N–H and O–H groups in total. The predicted molar refractivity (Wildman–Crippen MR) is 244 cm³/mol. The van der Waals surface area contributed by atoms with E-state index in [1.54, 1.807) is 6.08 Å². The van der Waals surface area contributed by atoms with Gasteiger partial charge < -0.3 is 39.9 Å². The van der Waals surface area contributed by atoms with Crippen LogP contribution < -0.4 is 0 Å². The summed E-state index contributed by atoms with van der Waals surface area (Å²) in [6, 6.07) is 0. The maximum Gasteiger partial charge on any atom is 0.472 e. The molecule has 1 rings (SSSR count). The van der Waals surface area contributed by atoms with Crippen molar-refractivity contribution in [3.63, 3.8) is 0 Å². The van der Waals surface area contributed by atoms with Gasteiger partial charge in [0.25, 0.3) is 0 Å². The van der Waals surface area contributed by atoms with Crippen molar-refractivity contribution in [2.75, 3.05) is 26.4 Å². The third-order valence-electron chi connectivity index (χ3n) is 9.81. The lowest BCUT2D eigenvalue weighted by Crippen LogP contribution is -2.29. The lowest BCUT2D eigenvalue weighted by Gasteiger charge is -2.20. The minimum atomic E-state index is -4.71. The molecule has 0 aromatic carbocycles. The maximum atomic E-state index is 12.6. The van der Waals surface area contributed by atoms with Gasteiger partial charge in [0.15, 0.2) is 6.10 Å². The average molecular weight is 893 g/mol. The zero-order valence-electron chi connectivity index (χ0n) is 37.1. The van der Waals surface area contributed by atoms with E-state index >= 15 is 0 Å². The van der Waals surface area contributed by atoms with Gasteiger partial charge >= 0.3 is 19.8 Å². The molecular weight excluding hydrogens is 815 g/mol. The molecule has 0 radical (unpaired) electrons. The second-order valence-corrected chi connectivity index (χ2v) is 16.8. The van der Waals surface area contributed by atoms with Crippen LogP contribution >= 0.6 is 7.82 Å². The van der Waals surface area contributed by atoms with E-state index in [1.165, 1.54) is 0 Å². The number of carbonyl (C=O) groups excluding carboxylic acids is 2. The predicted octanol–water partition coefficient (Wildman–Crippen LogP) is 8.38. The minimum absolute atomic E-state index is 0.00378. The van der Waals surface area contributed by atoms with E-state index in [2.05, 4.69) is 73.1 Å². The molecule has 0 aromatic rings. The normalized spacial score (nSPS) is 21.2. The second-order valence-electron chi connectivity index (χ2n) is 15.3. The Morgan fingerprint density at radius 3 is 1.87 bits per heavy atom. The van der Waals surface area contributed by atoms with Crippen molar-refractivity contribution in [2.24, 2.45) is 11.8 Å². The zero-order valence-corrected chi connectivity index (χ0v) is 38.0. The summed E-state index contributed by atoms with van der Waals surface area (Å²) >= 11 is 0. The van der Waals surface area contributed by atoms with Crippen LogP contribution in [-0.2, 0) is 32.7 Å². The van der Waals surface area contributed by atoms with Crippen molar-refractivity contribution in [3.05, 3.63) is 97.2 Å². The molecule has 1 aliphatic carbocycles. The largest absolute Gasteiger partial charge is 0.472 e. The van der Waals surface area contributed by atoms with Crippen LogP contribution in [0, 0.1) is 11.8 Å². The van der Waals surface area contributed by atoms with Gasteiger partial charge in [0.2, 0.25) is 0 Å². The molecule has 0 saturated heterocycles. The van der Waals surface area contributed by atoms with Gasteiger partial charge in [-0.05, 0) is 76.5 Å². The third-order valence-corrected chi connectivity index (χ3v) is 10.8. The molecule has 352 valence electrons. The van der Waals surface area contributed by atoms with E-state index < -0.39 is 76.7 Å². The van der Waals surface area contributed by atoms with Crippen LogP contribution in [0.25, 0.3) is 0 Å². The van der Waals surface area contributed by atoms with Crippen molar-refractivity contribution in [1.82, 2.24) is 0 Å². The summed E-state index contributed by atoms with van der Waals surface area (Å²) in [6.45, 7) is 1.78. The van der Waals surface area contributed by atoms with Gasteiger partial charge in [-0.15, -0.1) is 0 Å². The topological polar surface area (TPSA) is 210 Å². The molecule has 1 saturated carbocycles. The van der Waals surface area contributed by atoms with Crippen molar-refractivity contribution in [2.45, 2.75) is 154 Å². The highest BCUT2D eigenvalue weighted by molar-refractivity contribution is 7.47. The Morgan fingerprint density at radius 2 is 1.27 bits per heavy atom. The van der Waals surface area contributed by atoms with Gasteiger partial charge in [-0.3, -0.25) is 18.6 Å². The molecule has 0 aliphatic heterocycles. The van der Waals surface area contributed by atoms with Crippen molar-refractivity contribution >= 4 is 19.8 Å². The lowest BCUT2D eigenvalue weighted by atomic mass is 9.89. The number of rotatable bonds is 36. The number of esters is 2. The molecule has 8 atom stereocenters. The van der Waals surface area contributed by atoms with Crippen LogP contribution in [0.15, 0.2) is 97.2 Å². The fourth-order valence-corrected chi connectivity index (χ4v) is 7.10. The van der Waals surface area contributed by atoms with Crippen molar-refractivity contribution < 1.29 is 63.1 Å². The Morgan fingerprint density at radius 1 is 0.694 bits per heavy atom. The Hall–Kier alpha value is -3.23. The SMILES string of the molecule is CC/C=C\C/C=C\C/C=C\C/C=C\C/C=C\C/C=C\CCC(=O)O[C@H](COC(=O)CCC/C=C/C[C@@H]1[C@@H](/C=C/[C@@H](O)CCCCC)[C@H](O)C[C@@H]1O)COP(=O)(O)OC[C@@H](O)CO. The van der Waals surface area contributed by atoms with Gasteiger partial charge in [0.05, 0.1) is 38.1 Å². The summed E-state index contributed by atoms with van der Waals surface area (Å²) in [6.07, 6.45) is 39.1. The van der Waals surface area contributed by atoms with Crippen LogP contribution in [0.4, 0.5) is 0 Å². The molecule has 13 nitrogen and oxygen atoms in total. The zero-order chi connectivity index (χ0) is 45.7. The molecule has 62 heavy (non-hydrogen) atoms. The maximum absolute atomic E-state index is 12.6. The van der Waals surface area contributed by atoms with E-state index in [-0.39, 0.29) is 31.1 Å². The number of phosphoric ester groups is 1. The number of aliphatic hydroxyl groups is 5. The number of ether oxygens (including phenoxy) is 2. The quantitative estimate of drug-likeness (QED) is 0.0151. The summed E-state index contributed by atoms with van der Waals surface area (Å²) < 4.78 is 32.6. The van der Waals surface area contributed by atoms with Gasteiger partial charge in [-0.1, -0.05) is 130 Å². The van der Waals surface area contributed by atoms with Gasteiger partial charge in [-0.25, -0.2) is 4.57 Å². The summed E-state index contributed by atoms with van der Waals surface area (Å²) in [7, 11) is -4.71. The van der Waals surface area contributed by atoms with E-state index in [9.17, 15) is 39.5 Å². The molecule has 0 spiro atoms. The lowest BCUT2D eigenvalue weighted by molar-refractivity contribution is -0.161. The highest BCUT2D eigenvalue weighted by atomic mass is 31.2. The number of aliphatic hydroxyl groups excluding tert-OH is 5. The highest BCUT2D eigenvalue weighted by Gasteiger charge is 2.39. The molecule has 14 heteroatoms. The van der Waals surface area contributed by atoms with Crippen LogP contribution in [0.3, 0.4) is 0 Å². The highest BCUT2D eigenvalue weighted by Crippen LogP contribution is 2.43. The molecule has 1 unspecified atom stereocenters. The number of hydrogen-bond donors (Lipinski definition) is 6. The van der Waals surface area contributed by atoms with Gasteiger partial charge in [0, 0.05) is 25.2 Å². The van der Waals surface area contributed by atoms with E-state index in [0.29, 0.717) is 38.5 Å². The first-order chi connectivity index (χ1) is 29.9. The Balaban J connectivity index is 2.52. The Bertz CT molecular complexity index is 1470. The minimum Gasteiger partial charge on any atom is -0.462 e. The average Bonchev–Trinajstić information content (AvgIpc) is 3.52. The Kier molecular flexibility index (Phi) is 34.0. The fourth-order valence-electron chi connectivity index (χ4n) is 6.31. The summed E-state index contributed by atoms with van der Waals surface area (Å²) in [5.41, 5.74) is 0. The number of allylic oxidation sites excluding steroid dienone is 14. The van der Waals surface area contributed by atoms with E-state index in [4.69, 9.17) is 19.1 Å². The van der Waals surface area contributed by atoms with Crippen LogP contribution in [-0.4, -0.2) is 99.3 Å².